The molecule has 1 rings (SSSR count). The van der Waals surface area contributed by atoms with Gasteiger partial charge in [-0.05, 0) is 6.92 Å². The Balaban J connectivity index is 0.000000487. The first-order valence-electron chi connectivity index (χ1n) is 5.11. The summed E-state index contributed by atoms with van der Waals surface area (Å²) in [6.45, 7) is 1.68. The van der Waals surface area contributed by atoms with Crippen LogP contribution in [0.5, 0.6) is 0 Å². The zero-order chi connectivity index (χ0) is 12.7. The molecule has 0 aromatic heterocycles. The van der Waals surface area contributed by atoms with Crippen LogP contribution in [0.4, 0.5) is 0 Å². The van der Waals surface area contributed by atoms with E-state index in [1.54, 1.807) is 6.92 Å². The standard InChI is InChI=1S/C7H14O5.C2H7NO/c1-3-5(9)7(11)6(10)4(2-8)12-3;3-1-2-4/h3-11H,2H2,1H3;4H,1-3H2. The molecule has 0 radical (unpaired) electrons. The van der Waals surface area contributed by atoms with Gasteiger partial charge in [-0.3, -0.25) is 0 Å². The molecule has 98 valence electrons. The Kier molecular flexibility index (Phi) is 7.77. The minimum Gasteiger partial charge on any atom is -0.395 e. The number of ether oxygens (including phenoxy) is 1. The maximum atomic E-state index is 9.23. The molecule has 0 spiro atoms. The van der Waals surface area contributed by atoms with Crippen LogP contribution in [-0.4, -0.2) is 75.8 Å². The SMILES string of the molecule is CC1OC(CO)C(O)C(O)C1O.NCCO. The fraction of sp³-hybridized carbons (Fsp3) is 1.00. The molecule has 5 unspecified atom stereocenters. The summed E-state index contributed by atoms with van der Waals surface area (Å²) in [7, 11) is 0. The molecule has 1 heterocycles. The van der Waals surface area contributed by atoms with Crippen LogP contribution in [0.25, 0.3) is 0 Å². The van der Waals surface area contributed by atoms with E-state index >= 15 is 0 Å². The van der Waals surface area contributed by atoms with Gasteiger partial charge < -0.3 is 36.0 Å². The number of aliphatic hydroxyl groups is 5. The number of rotatable bonds is 2. The molecule has 7 nitrogen and oxygen atoms in total. The summed E-state index contributed by atoms with van der Waals surface area (Å²) in [6, 6.07) is 0. The van der Waals surface area contributed by atoms with Crippen LogP contribution in [0.15, 0.2) is 0 Å². The third-order valence-corrected chi connectivity index (χ3v) is 2.26. The predicted molar refractivity (Wildman–Crippen MR) is 55.6 cm³/mol. The van der Waals surface area contributed by atoms with E-state index in [9.17, 15) is 15.3 Å². The van der Waals surface area contributed by atoms with Gasteiger partial charge in [0.2, 0.25) is 0 Å². The number of nitrogens with two attached hydrogens (primary N) is 1. The minimum absolute atomic E-state index is 0.0972. The normalized spacial score (nSPS) is 38.8. The first-order chi connectivity index (χ1) is 7.49. The van der Waals surface area contributed by atoms with Gasteiger partial charge in [-0.25, -0.2) is 0 Å². The Bertz CT molecular complexity index is 175. The molecule has 0 aliphatic carbocycles. The van der Waals surface area contributed by atoms with Crippen molar-refractivity contribution in [3.05, 3.63) is 0 Å². The average molecular weight is 239 g/mol. The third kappa shape index (κ3) is 4.30. The van der Waals surface area contributed by atoms with E-state index in [1.807, 2.05) is 0 Å². The molecule has 5 atom stereocenters. The van der Waals surface area contributed by atoms with Crippen molar-refractivity contribution >= 4 is 0 Å². The third-order valence-electron chi connectivity index (χ3n) is 2.26. The van der Waals surface area contributed by atoms with Crippen molar-refractivity contribution in [2.45, 2.75) is 37.4 Å². The molecular formula is C9H21NO6. The summed E-state index contributed by atoms with van der Waals surface area (Å²) in [5.74, 6) is 0. The maximum Gasteiger partial charge on any atom is 0.111 e. The van der Waals surface area contributed by atoms with E-state index in [2.05, 4.69) is 0 Å². The molecule has 1 aliphatic heterocycles. The van der Waals surface area contributed by atoms with E-state index in [-0.39, 0.29) is 13.2 Å². The van der Waals surface area contributed by atoms with Crippen LogP contribution in [0.3, 0.4) is 0 Å². The summed E-state index contributed by atoms with van der Waals surface area (Å²) in [5.41, 5.74) is 4.78. The molecule has 0 aromatic rings. The summed E-state index contributed by atoms with van der Waals surface area (Å²) >= 11 is 0. The van der Waals surface area contributed by atoms with Crippen molar-refractivity contribution in [1.29, 1.82) is 0 Å². The van der Waals surface area contributed by atoms with Crippen molar-refractivity contribution in [2.75, 3.05) is 19.8 Å². The van der Waals surface area contributed by atoms with Crippen LogP contribution in [0, 0.1) is 0 Å². The highest BCUT2D eigenvalue weighted by atomic mass is 16.5. The second-order valence-electron chi connectivity index (χ2n) is 3.55. The van der Waals surface area contributed by atoms with Gasteiger partial charge in [0.05, 0.1) is 19.3 Å². The lowest BCUT2D eigenvalue weighted by Gasteiger charge is -2.38. The van der Waals surface area contributed by atoms with Crippen molar-refractivity contribution in [3.63, 3.8) is 0 Å². The van der Waals surface area contributed by atoms with E-state index in [0.29, 0.717) is 6.54 Å². The molecule has 1 saturated heterocycles. The first kappa shape index (κ1) is 15.7. The number of aliphatic hydroxyl groups excluding tert-OH is 5. The largest absolute Gasteiger partial charge is 0.395 e. The van der Waals surface area contributed by atoms with Crippen LogP contribution in [0.2, 0.25) is 0 Å². The number of hydrogen-bond donors (Lipinski definition) is 6. The van der Waals surface area contributed by atoms with Gasteiger partial charge in [-0.15, -0.1) is 0 Å². The van der Waals surface area contributed by atoms with Crippen LogP contribution < -0.4 is 5.73 Å². The molecular weight excluding hydrogens is 218 g/mol. The van der Waals surface area contributed by atoms with Gasteiger partial charge in [0.25, 0.3) is 0 Å². The zero-order valence-electron chi connectivity index (χ0n) is 9.23. The van der Waals surface area contributed by atoms with Crippen molar-refractivity contribution in [1.82, 2.24) is 0 Å². The second kappa shape index (κ2) is 7.91. The van der Waals surface area contributed by atoms with Gasteiger partial charge in [0.1, 0.15) is 24.4 Å². The highest BCUT2D eigenvalue weighted by Crippen LogP contribution is 2.20. The molecule has 0 saturated carbocycles. The van der Waals surface area contributed by atoms with Crippen molar-refractivity contribution in [2.24, 2.45) is 5.73 Å². The quantitative estimate of drug-likeness (QED) is 0.298. The van der Waals surface area contributed by atoms with E-state index in [4.69, 9.17) is 20.7 Å². The second-order valence-corrected chi connectivity index (χ2v) is 3.55. The highest BCUT2D eigenvalue weighted by Gasteiger charge is 2.41. The van der Waals surface area contributed by atoms with Gasteiger partial charge >= 0.3 is 0 Å². The zero-order valence-corrected chi connectivity index (χ0v) is 9.23. The highest BCUT2D eigenvalue weighted by molar-refractivity contribution is 4.89. The Labute approximate surface area is 94.1 Å². The Hall–Kier alpha value is -0.280. The Morgan fingerprint density at radius 1 is 1.06 bits per heavy atom. The van der Waals surface area contributed by atoms with Gasteiger partial charge in [-0.1, -0.05) is 0 Å². The molecule has 0 amide bonds. The topological polar surface area (TPSA) is 136 Å². The fourth-order valence-corrected chi connectivity index (χ4v) is 1.29. The van der Waals surface area contributed by atoms with Crippen molar-refractivity contribution in [3.8, 4) is 0 Å². The average Bonchev–Trinajstić information content (AvgIpc) is 2.31. The van der Waals surface area contributed by atoms with E-state index in [0.717, 1.165) is 0 Å². The summed E-state index contributed by atoms with van der Waals surface area (Å²) in [5, 5.41) is 44.1. The maximum absolute atomic E-state index is 9.23. The summed E-state index contributed by atoms with van der Waals surface area (Å²) < 4.78 is 5.02. The minimum atomic E-state index is -1.24. The van der Waals surface area contributed by atoms with Crippen LogP contribution in [-0.2, 0) is 4.74 Å². The van der Waals surface area contributed by atoms with Gasteiger partial charge in [0.15, 0.2) is 0 Å². The molecule has 0 bridgehead atoms. The van der Waals surface area contributed by atoms with Crippen molar-refractivity contribution < 1.29 is 30.3 Å². The lowest BCUT2D eigenvalue weighted by atomic mass is 9.96. The Morgan fingerprint density at radius 3 is 1.94 bits per heavy atom. The molecule has 1 fully saturated rings. The van der Waals surface area contributed by atoms with E-state index < -0.39 is 30.5 Å². The molecule has 7 heteroatoms. The molecule has 7 N–H and O–H groups in total. The Morgan fingerprint density at radius 2 is 1.56 bits per heavy atom. The first-order valence-corrected chi connectivity index (χ1v) is 5.11. The smallest absolute Gasteiger partial charge is 0.111 e. The molecule has 1 aliphatic rings. The van der Waals surface area contributed by atoms with Crippen LogP contribution in [0.1, 0.15) is 6.92 Å². The lowest BCUT2D eigenvalue weighted by Crippen LogP contribution is -2.57. The number of hydrogen-bond acceptors (Lipinski definition) is 7. The van der Waals surface area contributed by atoms with Crippen LogP contribution >= 0.6 is 0 Å². The fourth-order valence-electron chi connectivity index (χ4n) is 1.29. The summed E-state index contributed by atoms with van der Waals surface area (Å²) in [6.07, 6.45) is -4.94. The van der Waals surface area contributed by atoms with Gasteiger partial charge in [0, 0.05) is 6.54 Å². The van der Waals surface area contributed by atoms with E-state index in [1.165, 1.54) is 0 Å². The summed E-state index contributed by atoms with van der Waals surface area (Å²) in [4.78, 5) is 0. The molecule has 16 heavy (non-hydrogen) atoms. The van der Waals surface area contributed by atoms with Gasteiger partial charge in [-0.2, -0.15) is 0 Å². The monoisotopic (exact) mass is 239 g/mol. The lowest BCUT2D eigenvalue weighted by molar-refractivity contribution is -0.224. The predicted octanol–water partition coefficient (Wildman–Crippen LogP) is -3.21. The molecule has 0 aromatic carbocycles.